The number of hydrogen-bond donors (Lipinski definition) is 1. The molecule has 0 saturated heterocycles. The standard InChI is InChI=1S/C14H18O5/c1-11(15)19-13(9-14(16)17)7-8-18-10-12-5-3-2-4-6-12/h2-6,13H,7-10H2,1H3,(H,16,17). The highest BCUT2D eigenvalue weighted by Gasteiger charge is 2.16. The van der Waals surface area contributed by atoms with E-state index in [9.17, 15) is 9.59 Å². The Balaban J connectivity index is 2.27. The van der Waals surface area contributed by atoms with Crippen molar-refractivity contribution in [1.82, 2.24) is 0 Å². The van der Waals surface area contributed by atoms with Gasteiger partial charge in [0.15, 0.2) is 0 Å². The van der Waals surface area contributed by atoms with Crippen LogP contribution in [0.25, 0.3) is 0 Å². The molecule has 1 unspecified atom stereocenters. The third-order valence-electron chi connectivity index (χ3n) is 2.43. The Morgan fingerprint density at radius 3 is 2.53 bits per heavy atom. The lowest BCUT2D eigenvalue weighted by atomic mass is 10.2. The quantitative estimate of drug-likeness (QED) is 0.575. The molecule has 0 bridgehead atoms. The molecule has 1 atom stereocenters. The Labute approximate surface area is 112 Å². The predicted molar refractivity (Wildman–Crippen MR) is 68.5 cm³/mol. The maximum Gasteiger partial charge on any atom is 0.307 e. The number of rotatable bonds is 8. The Morgan fingerprint density at radius 1 is 1.26 bits per heavy atom. The lowest BCUT2D eigenvalue weighted by Crippen LogP contribution is -2.22. The third-order valence-corrected chi connectivity index (χ3v) is 2.43. The van der Waals surface area contributed by atoms with E-state index >= 15 is 0 Å². The highest BCUT2D eigenvalue weighted by molar-refractivity contribution is 5.69. The first-order chi connectivity index (χ1) is 9.08. The second kappa shape index (κ2) is 8.26. The summed E-state index contributed by atoms with van der Waals surface area (Å²) >= 11 is 0. The van der Waals surface area contributed by atoms with Crippen molar-refractivity contribution in [3.05, 3.63) is 35.9 Å². The number of aliphatic carboxylic acids is 1. The molecule has 1 rings (SSSR count). The van der Waals surface area contributed by atoms with Crippen LogP contribution in [0.4, 0.5) is 0 Å². The summed E-state index contributed by atoms with van der Waals surface area (Å²) in [4.78, 5) is 21.4. The molecule has 0 heterocycles. The van der Waals surface area contributed by atoms with Crippen LogP contribution in [-0.4, -0.2) is 29.8 Å². The van der Waals surface area contributed by atoms with Crippen LogP contribution in [0.3, 0.4) is 0 Å². The zero-order valence-electron chi connectivity index (χ0n) is 10.9. The Bertz CT molecular complexity index is 386. The van der Waals surface area contributed by atoms with Gasteiger partial charge in [-0.15, -0.1) is 0 Å². The summed E-state index contributed by atoms with van der Waals surface area (Å²) in [5, 5.41) is 8.70. The fraction of sp³-hybridized carbons (Fsp3) is 0.429. The summed E-state index contributed by atoms with van der Waals surface area (Å²) in [7, 11) is 0. The number of carbonyl (C=O) groups is 2. The summed E-state index contributed by atoms with van der Waals surface area (Å²) in [5.41, 5.74) is 1.05. The second-order valence-corrected chi connectivity index (χ2v) is 4.16. The van der Waals surface area contributed by atoms with Gasteiger partial charge in [0.1, 0.15) is 6.10 Å². The number of carboxylic acid groups (broad SMARTS) is 1. The van der Waals surface area contributed by atoms with Gasteiger partial charge in [0.2, 0.25) is 0 Å². The Morgan fingerprint density at radius 2 is 1.95 bits per heavy atom. The number of carbonyl (C=O) groups excluding carboxylic acids is 1. The fourth-order valence-corrected chi connectivity index (χ4v) is 1.61. The van der Waals surface area contributed by atoms with E-state index in [0.717, 1.165) is 5.56 Å². The van der Waals surface area contributed by atoms with Crippen LogP contribution in [0.5, 0.6) is 0 Å². The highest BCUT2D eigenvalue weighted by atomic mass is 16.5. The van der Waals surface area contributed by atoms with E-state index in [4.69, 9.17) is 14.6 Å². The summed E-state index contributed by atoms with van der Waals surface area (Å²) in [5.74, 6) is -1.47. The van der Waals surface area contributed by atoms with Crippen LogP contribution in [-0.2, 0) is 25.7 Å². The lowest BCUT2D eigenvalue weighted by molar-refractivity contribution is -0.151. The molecule has 19 heavy (non-hydrogen) atoms. The molecule has 104 valence electrons. The van der Waals surface area contributed by atoms with Crippen LogP contribution in [0.2, 0.25) is 0 Å². The van der Waals surface area contributed by atoms with Gasteiger partial charge in [-0.3, -0.25) is 9.59 Å². The fourth-order valence-electron chi connectivity index (χ4n) is 1.61. The topological polar surface area (TPSA) is 72.8 Å². The molecule has 0 fully saturated rings. The monoisotopic (exact) mass is 266 g/mol. The number of carboxylic acids is 1. The Kier molecular flexibility index (Phi) is 6.60. The third kappa shape index (κ3) is 7.21. The van der Waals surface area contributed by atoms with Crippen LogP contribution in [0.15, 0.2) is 30.3 Å². The highest BCUT2D eigenvalue weighted by Crippen LogP contribution is 2.07. The minimum absolute atomic E-state index is 0.200. The summed E-state index contributed by atoms with van der Waals surface area (Å²) in [6, 6.07) is 9.66. The average molecular weight is 266 g/mol. The Hall–Kier alpha value is -1.88. The van der Waals surface area contributed by atoms with Crippen molar-refractivity contribution >= 4 is 11.9 Å². The first kappa shape index (κ1) is 15.2. The number of hydrogen-bond acceptors (Lipinski definition) is 4. The van der Waals surface area contributed by atoms with Crippen molar-refractivity contribution in [2.75, 3.05) is 6.61 Å². The van der Waals surface area contributed by atoms with Crippen LogP contribution >= 0.6 is 0 Å². The molecular weight excluding hydrogens is 248 g/mol. The van der Waals surface area contributed by atoms with Crippen molar-refractivity contribution in [3.8, 4) is 0 Å². The number of benzene rings is 1. The van der Waals surface area contributed by atoms with Crippen molar-refractivity contribution in [1.29, 1.82) is 0 Å². The molecule has 0 amide bonds. The summed E-state index contributed by atoms with van der Waals surface area (Å²) in [6.45, 7) is 2.07. The minimum Gasteiger partial charge on any atom is -0.481 e. The van der Waals surface area contributed by atoms with Crippen molar-refractivity contribution in [3.63, 3.8) is 0 Å². The molecule has 0 aliphatic heterocycles. The largest absolute Gasteiger partial charge is 0.481 e. The van der Waals surface area contributed by atoms with Crippen LogP contribution in [0.1, 0.15) is 25.3 Å². The van der Waals surface area contributed by atoms with E-state index in [1.54, 1.807) is 0 Å². The molecule has 0 aliphatic rings. The molecule has 0 aromatic heterocycles. The molecule has 5 nitrogen and oxygen atoms in total. The van der Waals surface area contributed by atoms with Crippen molar-refractivity contribution in [2.45, 2.75) is 32.5 Å². The molecule has 0 saturated carbocycles. The molecular formula is C14H18O5. The van der Waals surface area contributed by atoms with Crippen molar-refractivity contribution < 1.29 is 24.2 Å². The SMILES string of the molecule is CC(=O)OC(CCOCc1ccccc1)CC(=O)O. The van der Waals surface area contributed by atoms with E-state index in [-0.39, 0.29) is 6.42 Å². The van der Waals surface area contributed by atoms with Crippen LogP contribution < -0.4 is 0 Å². The van der Waals surface area contributed by atoms with E-state index in [0.29, 0.717) is 19.6 Å². The molecule has 0 aliphatic carbocycles. The van der Waals surface area contributed by atoms with Gasteiger partial charge < -0.3 is 14.6 Å². The molecule has 0 radical (unpaired) electrons. The maximum absolute atomic E-state index is 10.8. The van der Waals surface area contributed by atoms with Gasteiger partial charge >= 0.3 is 11.9 Å². The van der Waals surface area contributed by atoms with E-state index < -0.39 is 18.0 Å². The normalized spacial score (nSPS) is 11.8. The second-order valence-electron chi connectivity index (χ2n) is 4.16. The van der Waals surface area contributed by atoms with Gasteiger partial charge in [0.05, 0.1) is 19.6 Å². The van der Waals surface area contributed by atoms with Gasteiger partial charge in [-0.25, -0.2) is 0 Å². The smallest absolute Gasteiger partial charge is 0.307 e. The average Bonchev–Trinajstić information content (AvgIpc) is 2.34. The van der Waals surface area contributed by atoms with Crippen LogP contribution in [0, 0.1) is 0 Å². The maximum atomic E-state index is 10.8. The van der Waals surface area contributed by atoms with Gasteiger partial charge in [0.25, 0.3) is 0 Å². The van der Waals surface area contributed by atoms with E-state index in [1.807, 2.05) is 30.3 Å². The molecule has 1 N–H and O–H groups in total. The van der Waals surface area contributed by atoms with Gasteiger partial charge in [-0.05, 0) is 5.56 Å². The molecule has 1 aromatic rings. The molecule has 0 spiro atoms. The van der Waals surface area contributed by atoms with Crippen molar-refractivity contribution in [2.24, 2.45) is 0 Å². The van der Waals surface area contributed by atoms with Gasteiger partial charge in [0, 0.05) is 13.3 Å². The lowest BCUT2D eigenvalue weighted by Gasteiger charge is -2.15. The zero-order chi connectivity index (χ0) is 14.1. The van der Waals surface area contributed by atoms with Gasteiger partial charge in [-0.2, -0.15) is 0 Å². The predicted octanol–water partition coefficient (Wildman–Crippen LogP) is 2.00. The zero-order valence-corrected chi connectivity index (χ0v) is 10.9. The first-order valence-electron chi connectivity index (χ1n) is 6.08. The molecule has 5 heteroatoms. The van der Waals surface area contributed by atoms with E-state index in [1.165, 1.54) is 6.92 Å². The number of esters is 1. The minimum atomic E-state index is -0.991. The summed E-state index contributed by atoms with van der Waals surface area (Å²) < 4.78 is 10.3. The van der Waals surface area contributed by atoms with Gasteiger partial charge in [-0.1, -0.05) is 30.3 Å². The number of ether oxygens (including phenoxy) is 2. The first-order valence-corrected chi connectivity index (χ1v) is 6.08. The van der Waals surface area contributed by atoms with E-state index in [2.05, 4.69) is 0 Å². The summed E-state index contributed by atoms with van der Waals surface area (Å²) in [6.07, 6.45) is -0.460. The molecule has 1 aromatic carbocycles.